The van der Waals surface area contributed by atoms with E-state index in [1.807, 2.05) is 18.2 Å². The molecule has 4 heteroatoms. The van der Waals surface area contributed by atoms with Crippen molar-refractivity contribution in [1.29, 1.82) is 0 Å². The van der Waals surface area contributed by atoms with Crippen LogP contribution in [0.25, 0.3) is 0 Å². The van der Waals surface area contributed by atoms with Crippen LogP contribution in [-0.4, -0.2) is 26.2 Å². The fourth-order valence-corrected chi connectivity index (χ4v) is 5.42. The summed E-state index contributed by atoms with van der Waals surface area (Å²) < 4.78 is 0. The predicted molar refractivity (Wildman–Crippen MR) is 147 cm³/mol. The molecule has 0 spiro atoms. The Morgan fingerprint density at radius 3 is 1.36 bits per heavy atom. The monoisotopic (exact) mass is 482 g/mol. The lowest BCUT2D eigenvalue weighted by molar-refractivity contribution is 0.859. The van der Waals surface area contributed by atoms with Crippen LogP contribution in [0.5, 0.6) is 0 Å². The topological polar surface area (TPSA) is 6.48 Å². The van der Waals surface area contributed by atoms with Gasteiger partial charge in [0, 0.05) is 59.1 Å². The third-order valence-electron chi connectivity index (χ3n) is 6.67. The van der Waals surface area contributed by atoms with Gasteiger partial charge in [-0.1, -0.05) is 41.4 Å². The number of rotatable bonds is 9. The second kappa shape index (κ2) is 11.3. The highest BCUT2D eigenvalue weighted by Crippen LogP contribution is 2.43. The Balaban J connectivity index is 2.21. The van der Waals surface area contributed by atoms with Gasteiger partial charge in [-0.15, -0.1) is 0 Å². The molecule has 0 aliphatic carbocycles. The molecular formula is C29H36Cl2N2. The Morgan fingerprint density at radius 2 is 1.03 bits per heavy atom. The molecule has 3 rings (SSSR count). The van der Waals surface area contributed by atoms with Crippen LogP contribution >= 0.6 is 23.2 Å². The van der Waals surface area contributed by atoms with Crippen molar-refractivity contribution in [3.8, 4) is 0 Å². The summed E-state index contributed by atoms with van der Waals surface area (Å²) in [6.07, 6.45) is 0. The molecule has 0 aliphatic heterocycles. The molecule has 0 amide bonds. The van der Waals surface area contributed by atoms with E-state index in [1.165, 1.54) is 33.6 Å². The van der Waals surface area contributed by atoms with Gasteiger partial charge >= 0.3 is 0 Å². The summed E-state index contributed by atoms with van der Waals surface area (Å²) in [6.45, 7) is 17.1. The van der Waals surface area contributed by atoms with Crippen molar-refractivity contribution in [3.63, 3.8) is 0 Å². The quantitative estimate of drug-likeness (QED) is 0.282. The van der Waals surface area contributed by atoms with E-state index >= 15 is 0 Å². The first kappa shape index (κ1) is 25.5. The predicted octanol–water partition coefficient (Wildman–Crippen LogP) is 8.48. The van der Waals surface area contributed by atoms with Crippen molar-refractivity contribution in [2.75, 3.05) is 36.0 Å². The fourth-order valence-electron chi connectivity index (χ4n) is 4.80. The highest BCUT2D eigenvalue weighted by atomic mass is 35.5. The molecule has 0 aromatic heterocycles. The molecule has 33 heavy (non-hydrogen) atoms. The van der Waals surface area contributed by atoms with Crippen LogP contribution in [0.15, 0.2) is 54.6 Å². The van der Waals surface area contributed by atoms with Gasteiger partial charge in [-0.25, -0.2) is 0 Å². The zero-order chi connectivity index (χ0) is 24.1. The lowest BCUT2D eigenvalue weighted by atomic mass is 9.81. The zero-order valence-corrected chi connectivity index (χ0v) is 22.3. The molecule has 0 N–H and O–H groups in total. The summed E-state index contributed by atoms with van der Waals surface area (Å²) in [5.41, 5.74) is 8.43. The fraction of sp³-hybridized carbons (Fsp3) is 0.379. The SMILES string of the molecule is CCN(CC)c1ccc(C(c2ccc(N(CC)CC)cc2C)c2c(Cl)cccc2Cl)c(C)c1. The van der Waals surface area contributed by atoms with E-state index in [2.05, 4.69) is 87.7 Å². The number of aryl methyl sites for hydroxylation is 2. The molecule has 2 nitrogen and oxygen atoms in total. The average molecular weight is 484 g/mol. The van der Waals surface area contributed by atoms with Gasteiger partial charge in [0.15, 0.2) is 0 Å². The number of benzene rings is 3. The normalized spacial score (nSPS) is 11.2. The molecule has 0 fully saturated rings. The molecule has 176 valence electrons. The summed E-state index contributed by atoms with van der Waals surface area (Å²) in [5, 5.41) is 1.40. The molecule has 0 heterocycles. The van der Waals surface area contributed by atoms with Gasteiger partial charge in [-0.05, 0) is 100 Å². The van der Waals surface area contributed by atoms with Gasteiger partial charge in [0.05, 0.1) is 0 Å². The van der Waals surface area contributed by atoms with Gasteiger partial charge in [0.2, 0.25) is 0 Å². The molecule has 0 aliphatic rings. The third-order valence-corrected chi connectivity index (χ3v) is 7.33. The third kappa shape index (κ3) is 5.34. The lowest BCUT2D eigenvalue weighted by Gasteiger charge is -2.28. The number of anilines is 2. The minimum atomic E-state index is -0.0392. The van der Waals surface area contributed by atoms with Crippen LogP contribution in [0.1, 0.15) is 61.4 Å². The second-order valence-corrected chi connectivity index (χ2v) is 9.31. The van der Waals surface area contributed by atoms with Crippen molar-refractivity contribution in [1.82, 2.24) is 0 Å². The minimum Gasteiger partial charge on any atom is -0.372 e. The minimum absolute atomic E-state index is 0.0392. The number of halogens is 2. The Bertz CT molecular complexity index is 1000. The first-order valence-corrected chi connectivity index (χ1v) is 12.8. The Hall–Kier alpha value is -2.16. The van der Waals surface area contributed by atoms with E-state index in [4.69, 9.17) is 23.2 Å². The van der Waals surface area contributed by atoms with Gasteiger partial charge in [-0.3, -0.25) is 0 Å². The lowest BCUT2D eigenvalue weighted by Crippen LogP contribution is -2.22. The maximum atomic E-state index is 6.78. The smallest absolute Gasteiger partial charge is 0.0462 e. The van der Waals surface area contributed by atoms with Crippen LogP contribution in [0.4, 0.5) is 11.4 Å². The average Bonchev–Trinajstić information content (AvgIpc) is 2.79. The first-order chi connectivity index (χ1) is 15.9. The molecule has 0 saturated heterocycles. The standard InChI is InChI=1S/C29H36Cl2N2/c1-7-32(8-2)22-14-16-24(20(5)18-22)28(29-26(30)12-11-13-27(29)31)25-17-15-23(19-21(25)6)33(9-3)10-4/h11-19,28H,7-10H2,1-6H3. The summed E-state index contributed by atoms with van der Waals surface area (Å²) in [5.74, 6) is -0.0392. The van der Waals surface area contributed by atoms with E-state index in [0.29, 0.717) is 10.0 Å². The molecule has 0 bridgehead atoms. The molecule has 0 radical (unpaired) electrons. The summed E-state index contributed by atoms with van der Waals surface area (Å²) in [4.78, 5) is 4.75. The Morgan fingerprint density at radius 1 is 0.636 bits per heavy atom. The largest absolute Gasteiger partial charge is 0.372 e. The van der Waals surface area contributed by atoms with Crippen LogP contribution < -0.4 is 9.80 Å². The van der Waals surface area contributed by atoms with Gasteiger partial charge in [0.1, 0.15) is 0 Å². The van der Waals surface area contributed by atoms with Gasteiger partial charge < -0.3 is 9.80 Å². The van der Waals surface area contributed by atoms with Crippen molar-refractivity contribution < 1.29 is 0 Å². The molecule has 0 unspecified atom stereocenters. The maximum absolute atomic E-state index is 6.78. The molecule has 0 saturated carbocycles. The maximum Gasteiger partial charge on any atom is 0.0462 e. The van der Waals surface area contributed by atoms with Crippen molar-refractivity contribution in [2.24, 2.45) is 0 Å². The second-order valence-electron chi connectivity index (χ2n) is 8.49. The summed E-state index contributed by atoms with van der Waals surface area (Å²) in [7, 11) is 0. The van der Waals surface area contributed by atoms with Gasteiger partial charge in [0.25, 0.3) is 0 Å². The highest BCUT2D eigenvalue weighted by molar-refractivity contribution is 6.36. The van der Waals surface area contributed by atoms with E-state index in [1.54, 1.807) is 0 Å². The van der Waals surface area contributed by atoms with Crippen molar-refractivity contribution >= 4 is 34.6 Å². The molecule has 3 aromatic carbocycles. The Labute approximate surface area is 210 Å². The number of hydrogen-bond acceptors (Lipinski definition) is 2. The summed E-state index contributed by atoms with van der Waals surface area (Å²) >= 11 is 13.6. The first-order valence-electron chi connectivity index (χ1n) is 12.0. The van der Waals surface area contributed by atoms with Crippen LogP contribution in [-0.2, 0) is 0 Å². The van der Waals surface area contributed by atoms with Gasteiger partial charge in [-0.2, -0.15) is 0 Å². The van der Waals surface area contributed by atoms with E-state index in [9.17, 15) is 0 Å². The highest BCUT2D eigenvalue weighted by Gasteiger charge is 2.25. The Kier molecular flexibility index (Phi) is 8.73. The van der Waals surface area contributed by atoms with Crippen molar-refractivity contribution in [2.45, 2.75) is 47.5 Å². The van der Waals surface area contributed by atoms with E-state index in [-0.39, 0.29) is 5.92 Å². The number of hydrogen-bond donors (Lipinski definition) is 0. The molecule has 0 atom stereocenters. The van der Waals surface area contributed by atoms with E-state index < -0.39 is 0 Å². The van der Waals surface area contributed by atoms with Crippen LogP contribution in [0.2, 0.25) is 10.0 Å². The summed E-state index contributed by atoms with van der Waals surface area (Å²) in [6, 6.07) is 19.3. The van der Waals surface area contributed by atoms with Crippen LogP contribution in [0, 0.1) is 13.8 Å². The van der Waals surface area contributed by atoms with E-state index in [0.717, 1.165) is 31.7 Å². The molecule has 3 aromatic rings. The van der Waals surface area contributed by atoms with Crippen molar-refractivity contribution in [3.05, 3.63) is 92.5 Å². The molecular weight excluding hydrogens is 447 g/mol. The zero-order valence-electron chi connectivity index (χ0n) is 20.8. The van der Waals surface area contributed by atoms with Crippen LogP contribution in [0.3, 0.4) is 0 Å². The number of nitrogens with zero attached hydrogens (tertiary/aromatic N) is 2.